The number of hydrogen-bond acceptors (Lipinski definition) is 6. The van der Waals surface area contributed by atoms with Crippen molar-refractivity contribution < 1.29 is 24.2 Å². The van der Waals surface area contributed by atoms with Gasteiger partial charge in [-0.1, -0.05) is 48.7 Å². The van der Waals surface area contributed by atoms with E-state index in [4.69, 9.17) is 16.3 Å². The van der Waals surface area contributed by atoms with Gasteiger partial charge in [0.05, 0.1) is 33.9 Å². The minimum Gasteiger partial charge on any atom is -0.494 e. The molecule has 3 saturated heterocycles. The highest BCUT2D eigenvalue weighted by Gasteiger charge is 2.74. The number of benzene rings is 2. The van der Waals surface area contributed by atoms with Crippen LogP contribution in [-0.2, 0) is 14.4 Å². The molecule has 2 bridgehead atoms. The van der Waals surface area contributed by atoms with Crippen LogP contribution in [0, 0.1) is 18.8 Å². The Labute approximate surface area is 287 Å². The molecule has 0 aromatic heterocycles. The number of carbonyl (C=O) groups excluding carboxylic acids is 3. The van der Waals surface area contributed by atoms with Gasteiger partial charge in [0.25, 0.3) is 5.91 Å². The molecule has 1 spiro atoms. The van der Waals surface area contributed by atoms with Gasteiger partial charge >= 0.3 is 0 Å². The maximum absolute atomic E-state index is 14.9. The van der Waals surface area contributed by atoms with E-state index in [1.807, 2.05) is 50.2 Å². The summed E-state index contributed by atoms with van der Waals surface area (Å²) in [6.07, 6.45) is 7.86. The highest BCUT2D eigenvalue weighted by atomic mass is 35.5. The standard InChI is InChI=1S/C37H46ClN3O5S/c1-5-21-39(26-15-17-27(18-16-26)46-7-3)34(43)30-29-19-20-37(47-29)31(30)35(44)41(23-10-8-9-11-24-42)33(37)36(45)40(22-6-2)32-25(4)13-12-14-28(32)38/h5-6,12-18,29-31,33,42H,1-2,7-11,19-24H2,3-4H3/t29-,30+,31-,33?,37?/m0/s1. The Hall–Kier alpha value is -3.27. The zero-order valence-electron chi connectivity index (χ0n) is 27.4. The number of ether oxygens (including phenoxy) is 1. The number of anilines is 2. The molecule has 3 aliphatic heterocycles. The zero-order valence-corrected chi connectivity index (χ0v) is 29.0. The largest absolute Gasteiger partial charge is 0.494 e. The van der Waals surface area contributed by atoms with Crippen LogP contribution >= 0.6 is 23.4 Å². The van der Waals surface area contributed by atoms with Crippen molar-refractivity contribution in [3.05, 3.63) is 78.4 Å². The lowest BCUT2D eigenvalue weighted by Gasteiger charge is -2.38. The highest BCUT2D eigenvalue weighted by molar-refractivity contribution is 8.02. The van der Waals surface area contributed by atoms with Crippen LogP contribution < -0.4 is 14.5 Å². The molecule has 3 aliphatic rings. The van der Waals surface area contributed by atoms with Crippen LogP contribution in [-0.4, -0.2) is 76.6 Å². The van der Waals surface area contributed by atoms with Gasteiger partial charge in [0.1, 0.15) is 11.8 Å². The maximum atomic E-state index is 14.9. The average Bonchev–Trinajstić information content (AvgIpc) is 3.70. The number of aliphatic hydroxyl groups excluding tert-OH is 1. The number of nitrogens with zero attached hydrogens (tertiary/aromatic N) is 3. The quantitative estimate of drug-likeness (QED) is 0.163. The molecule has 0 saturated carbocycles. The van der Waals surface area contributed by atoms with Gasteiger partial charge in [-0.2, -0.15) is 0 Å². The number of likely N-dealkylation sites (tertiary alicyclic amines) is 1. The lowest BCUT2D eigenvalue weighted by molar-refractivity contribution is -0.139. The summed E-state index contributed by atoms with van der Waals surface area (Å²) >= 11 is 8.37. The van der Waals surface area contributed by atoms with Gasteiger partial charge in [-0.3, -0.25) is 14.4 Å². The van der Waals surface area contributed by atoms with E-state index >= 15 is 0 Å². The van der Waals surface area contributed by atoms with Crippen LogP contribution in [0.3, 0.4) is 0 Å². The minimum absolute atomic E-state index is 0.0802. The van der Waals surface area contributed by atoms with Gasteiger partial charge in [0, 0.05) is 37.2 Å². The summed E-state index contributed by atoms with van der Waals surface area (Å²) in [4.78, 5) is 49.3. The summed E-state index contributed by atoms with van der Waals surface area (Å²) in [5, 5.41) is 9.66. The average molecular weight is 680 g/mol. The summed E-state index contributed by atoms with van der Waals surface area (Å²) in [7, 11) is 0. The molecule has 252 valence electrons. The number of unbranched alkanes of at least 4 members (excludes halogenated alkanes) is 3. The Morgan fingerprint density at radius 3 is 2.43 bits per heavy atom. The molecule has 2 aromatic rings. The van der Waals surface area contributed by atoms with Gasteiger partial charge in [0.15, 0.2) is 0 Å². The van der Waals surface area contributed by atoms with Crippen molar-refractivity contribution in [2.45, 2.75) is 68.4 Å². The number of amides is 3. The second-order valence-electron chi connectivity index (χ2n) is 12.5. The molecule has 1 N–H and O–H groups in total. The molecule has 0 radical (unpaired) electrons. The van der Waals surface area contributed by atoms with Crippen molar-refractivity contribution in [2.75, 3.05) is 42.6 Å². The molecule has 3 heterocycles. The van der Waals surface area contributed by atoms with Crippen LogP contribution in [0.5, 0.6) is 5.75 Å². The Kier molecular flexibility index (Phi) is 11.4. The van der Waals surface area contributed by atoms with Crippen LogP contribution in [0.25, 0.3) is 0 Å². The molecular weight excluding hydrogens is 634 g/mol. The Morgan fingerprint density at radius 1 is 1.06 bits per heavy atom. The second-order valence-corrected chi connectivity index (χ2v) is 14.5. The van der Waals surface area contributed by atoms with Crippen molar-refractivity contribution in [2.24, 2.45) is 11.8 Å². The first-order chi connectivity index (χ1) is 22.7. The summed E-state index contributed by atoms with van der Waals surface area (Å²) in [6.45, 7) is 13.3. The molecule has 0 aliphatic carbocycles. The van der Waals surface area contributed by atoms with Crippen molar-refractivity contribution in [3.63, 3.8) is 0 Å². The molecule has 2 unspecified atom stereocenters. The first kappa shape index (κ1) is 35.0. The van der Waals surface area contributed by atoms with E-state index in [0.717, 1.165) is 30.6 Å². The fraction of sp³-hybridized carbons (Fsp3) is 0.486. The lowest BCUT2D eigenvalue weighted by atomic mass is 9.70. The van der Waals surface area contributed by atoms with E-state index < -0.39 is 22.6 Å². The predicted molar refractivity (Wildman–Crippen MR) is 190 cm³/mol. The number of fused-ring (bicyclic) bond motifs is 1. The molecule has 47 heavy (non-hydrogen) atoms. The van der Waals surface area contributed by atoms with Gasteiger partial charge in [-0.25, -0.2) is 0 Å². The zero-order chi connectivity index (χ0) is 33.7. The lowest BCUT2D eigenvalue weighted by Crippen LogP contribution is -2.55. The van der Waals surface area contributed by atoms with Gasteiger partial charge in [-0.15, -0.1) is 24.9 Å². The Balaban J connectivity index is 1.53. The smallest absolute Gasteiger partial charge is 0.251 e. The highest BCUT2D eigenvalue weighted by Crippen LogP contribution is 2.67. The number of halogens is 1. The van der Waals surface area contributed by atoms with Gasteiger partial charge in [-0.05, 0) is 75.4 Å². The van der Waals surface area contributed by atoms with Crippen LogP contribution in [0.15, 0.2) is 67.8 Å². The SMILES string of the molecule is C=CCN(C(=O)[C@@H]1[C@@H]2CCC3(S2)C(C(=O)N(CC=C)c2c(C)cccc2Cl)N(CCCCCCO)C(=O)[C@H]13)c1ccc(OCC)cc1. The number of para-hydroxylation sites is 1. The van der Waals surface area contributed by atoms with Crippen molar-refractivity contribution in [1.82, 2.24) is 4.90 Å². The number of aliphatic hydroxyl groups is 1. The Bertz CT molecular complexity index is 1460. The molecule has 8 nitrogen and oxygen atoms in total. The minimum atomic E-state index is -0.750. The van der Waals surface area contributed by atoms with Crippen molar-refractivity contribution >= 4 is 52.5 Å². The van der Waals surface area contributed by atoms with Crippen LogP contribution in [0.2, 0.25) is 5.02 Å². The molecule has 5 rings (SSSR count). The summed E-state index contributed by atoms with van der Waals surface area (Å²) in [5.74, 6) is -0.916. The summed E-state index contributed by atoms with van der Waals surface area (Å²) in [6, 6.07) is 12.2. The molecule has 3 fully saturated rings. The number of carbonyl (C=O) groups is 3. The second kappa shape index (κ2) is 15.3. The third kappa shape index (κ3) is 6.59. The van der Waals surface area contributed by atoms with Crippen LogP contribution in [0.1, 0.15) is 51.0 Å². The predicted octanol–water partition coefficient (Wildman–Crippen LogP) is 6.43. The molecule has 10 heteroatoms. The summed E-state index contributed by atoms with van der Waals surface area (Å²) in [5.41, 5.74) is 2.19. The number of rotatable bonds is 16. The fourth-order valence-electron chi connectivity index (χ4n) is 7.76. The van der Waals surface area contributed by atoms with Gasteiger partial charge in [0.2, 0.25) is 11.8 Å². The monoisotopic (exact) mass is 679 g/mol. The van der Waals surface area contributed by atoms with E-state index in [2.05, 4.69) is 13.2 Å². The molecule has 2 aromatic carbocycles. The third-order valence-electron chi connectivity index (χ3n) is 9.70. The topological polar surface area (TPSA) is 90.4 Å². The van der Waals surface area contributed by atoms with Gasteiger partial charge < -0.3 is 24.5 Å². The van der Waals surface area contributed by atoms with E-state index in [1.165, 1.54) is 0 Å². The maximum Gasteiger partial charge on any atom is 0.251 e. The van der Waals surface area contributed by atoms with E-state index in [9.17, 15) is 19.5 Å². The van der Waals surface area contributed by atoms with E-state index in [1.54, 1.807) is 44.7 Å². The van der Waals surface area contributed by atoms with Crippen molar-refractivity contribution in [1.29, 1.82) is 0 Å². The molecular formula is C37H46ClN3O5S. The number of aryl methyl sites for hydroxylation is 1. The molecule has 3 amide bonds. The first-order valence-electron chi connectivity index (χ1n) is 16.7. The summed E-state index contributed by atoms with van der Waals surface area (Å²) < 4.78 is 4.88. The normalized spacial score (nSPS) is 24.3. The Morgan fingerprint density at radius 2 is 1.77 bits per heavy atom. The fourth-order valence-corrected chi connectivity index (χ4v) is 10.3. The van der Waals surface area contributed by atoms with Crippen molar-refractivity contribution in [3.8, 4) is 5.75 Å². The van der Waals surface area contributed by atoms with Crippen LogP contribution in [0.4, 0.5) is 11.4 Å². The number of thioether (sulfide) groups is 1. The van der Waals surface area contributed by atoms with E-state index in [-0.39, 0.29) is 36.1 Å². The third-order valence-corrected chi connectivity index (χ3v) is 12.0. The first-order valence-corrected chi connectivity index (χ1v) is 17.9. The van der Waals surface area contributed by atoms with E-state index in [0.29, 0.717) is 55.4 Å². The number of hydrogen-bond donors (Lipinski definition) is 1. The molecule has 5 atom stereocenters.